The summed E-state index contributed by atoms with van der Waals surface area (Å²) in [5.41, 5.74) is 1.15. The summed E-state index contributed by atoms with van der Waals surface area (Å²) < 4.78 is 0. The van der Waals surface area contributed by atoms with E-state index in [-0.39, 0.29) is 0 Å². The fraction of sp³-hybridized carbons (Fsp3) is 0.692. The zero-order valence-corrected chi connectivity index (χ0v) is 11.2. The van der Waals surface area contributed by atoms with Crippen LogP contribution < -0.4 is 4.90 Å². The summed E-state index contributed by atoms with van der Waals surface area (Å²) in [6.07, 6.45) is 6.21. The third-order valence-electron chi connectivity index (χ3n) is 3.34. The van der Waals surface area contributed by atoms with Crippen LogP contribution in [-0.2, 0) is 6.42 Å². The van der Waals surface area contributed by atoms with Crippen molar-refractivity contribution in [3.05, 3.63) is 18.1 Å². The summed E-state index contributed by atoms with van der Waals surface area (Å²) in [5.74, 6) is 2.58. The highest BCUT2D eigenvalue weighted by Crippen LogP contribution is 2.24. The van der Waals surface area contributed by atoms with Crippen LogP contribution in [0, 0.1) is 5.92 Å². The largest absolute Gasteiger partial charge is 0.356 e. The van der Waals surface area contributed by atoms with Gasteiger partial charge in [-0.3, -0.25) is 0 Å². The van der Waals surface area contributed by atoms with Crippen LogP contribution in [0.4, 0.5) is 5.82 Å². The van der Waals surface area contributed by atoms with Crippen molar-refractivity contribution in [2.45, 2.75) is 32.6 Å². The fourth-order valence-electron chi connectivity index (χ4n) is 2.38. The van der Waals surface area contributed by atoms with Gasteiger partial charge in [0.1, 0.15) is 12.1 Å². The number of hydrogen-bond acceptors (Lipinski definition) is 3. The molecule has 1 aromatic rings. The lowest BCUT2D eigenvalue weighted by Gasteiger charge is -2.17. The van der Waals surface area contributed by atoms with Gasteiger partial charge in [0.15, 0.2) is 0 Å². The first-order valence-electron chi connectivity index (χ1n) is 6.45. The lowest BCUT2D eigenvalue weighted by Crippen LogP contribution is -2.21. The predicted octanol–water partition coefficient (Wildman–Crippen LogP) is 2.88. The Kier molecular flexibility index (Phi) is 4.60. The van der Waals surface area contributed by atoms with Crippen molar-refractivity contribution in [3.8, 4) is 0 Å². The molecule has 1 aliphatic heterocycles. The summed E-state index contributed by atoms with van der Waals surface area (Å²) in [6, 6.07) is 2.13. The van der Waals surface area contributed by atoms with Crippen LogP contribution in [0.3, 0.4) is 0 Å². The minimum atomic E-state index is 0.733. The second kappa shape index (κ2) is 6.20. The van der Waals surface area contributed by atoms with Gasteiger partial charge in [0.05, 0.1) is 0 Å². The molecular weight excluding hydrogens is 234 g/mol. The van der Waals surface area contributed by atoms with Crippen molar-refractivity contribution in [2.75, 3.05) is 23.9 Å². The van der Waals surface area contributed by atoms with E-state index in [0.717, 1.165) is 55.7 Å². The summed E-state index contributed by atoms with van der Waals surface area (Å²) in [5, 5.41) is 0. The standard InChI is InChI=1S/C13H20ClN3/c1-2-3-12-8-13(16-10-15-12)17-7-5-11(9-17)4-6-14/h8,10-11H,2-7,9H2,1H3. The highest BCUT2D eigenvalue weighted by Gasteiger charge is 2.22. The molecule has 0 spiro atoms. The molecule has 0 amide bonds. The average molecular weight is 254 g/mol. The summed E-state index contributed by atoms with van der Waals surface area (Å²) in [4.78, 5) is 11.0. The minimum Gasteiger partial charge on any atom is -0.356 e. The van der Waals surface area contributed by atoms with Gasteiger partial charge in [-0.2, -0.15) is 0 Å². The minimum absolute atomic E-state index is 0.733. The van der Waals surface area contributed by atoms with Crippen molar-refractivity contribution >= 4 is 17.4 Å². The van der Waals surface area contributed by atoms with Crippen molar-refractivity contribution < 1.29 is 0 Å². The Labute approximate surface area is 108 Å². The molecule has 17 heavy (non-hydrogen) atoms. The first kappa shape index (κ1) is 12.6. The van der Waals surface area contributed by atoms with E-state index < -0.39 is 0 Å². The van der Waals surface area contributed by atoms with Crippen LogP contribution in [0.25, 0.3) is 0 Å². The zero-order valence-electron chi connectivity index (χ0n) is 10.4. The van der Waals surface area contributed by atoms with Gasteiger partial charge >= 0.3 is 0 Å². The van der Waals surface area contributed by atoms with Gasteiger partial charge in [-0.25, -0.2) is 9.97 Å². The molecule has 1 aliphatic rings. The molecule has 1 unspecified atom stereocenters. The monoisotopic (exact) mass is 253 g/mol. The first-order chi connectivity index (χ1) is 8.33. The van der Waals surface area contributed by atoms with Gasteiger partial charge in [-0.1, -0.05) is 13.3 Å². The Morgan fingerprint density at radius 3 is 3.12 bits per heavy atom. The quantitative estimate of drug-likeness (QED) is 0.756. The number of aromatic nitrogens is 2. The molecule has 4 heteroatoms. The van der Waals surface area contributed by atoms with Crippen molar-refractivity contribution in [2.24, 2.45) is 5.92 Å². The number of hydrogen-bond donors (Lipinski definition) is 0. The van der Waals surface area contributed by atoms with Crippen LogP contribution in [0.5, 0.6) is 0 Å². The van der Waals surface area contributed by atoms with Crippen molar-refractivity contribution in [3.63, 3.8) is 0 Å². The second-order valence-corrected chi connectivity index (χ2v) is 5.07. The summed E-state index contributed by atoms with van der Waals surface area (Å²) in [6.45, 7) is 4.37. The maximum absolute atomic E-state index is 5.80. The molecule has 0 N–H and O–H groups in total. The third kappa shape index (κ3) is 3.32. The summed E-state index contributed by atoms with van der Waals surface area (Å²) in [7, 11) is 0. The smallest absolute Gasteiger partial charge is 0.132 e. The average Bonchev–Trinajstić information content (AvgIpc) is 2.79. The summed E-state index contributed by atoms with van der Waals surface area (Å²) >= 11 is 5.80. The van der Waals surface area contributed by atoms with E-state index in [1.54, 1.807) is 6.33 Å². The van der Waals surface area contributed by atoms with Gasteiger partial charge in [0.25, 0.3) is 0 Å². The number of halogens is 1. The molecule has 1 saturated heterocycles. The molecule has 0 saturated carbocycles. The molecule has 1 aromatic heterocycles. The van der Waals surface area contributed by atoms with Gasteiger partial charge in [-0.05, 0) is 25.2 Å². The zero-order chi connectivity index (χ0) is 12.1. The number of rotatable bonds is 5. The Bertz CT molecular complexity index is 356. The van der Waals surface area contributed by atoms with E-state index in [1.165, 1.54) is 6.42 Å². The SMILES string of the molecule is CCCc1cc(N2CCC(CCCl)C2)ncn1. The molecule has 1 atom stereocenters. The van der Waals surface area contributed by atoms with Gasteiger partial charge in [0, 0.05) is 30.7 Å². The number of nitrogens with zero attached hydrogens (tertiary/aromatic N) is 3. The van der Waals surface area contributed by atoms with E-state index in [0.29, 0.717) is 0 Å². The van der Waals surface area contributed by atoms with Gasteiger partial charge in [-0.15, -0.1) is 11.6 Å². The van der Waals surface area contributed by atoms with Gasteiger partial charge in [0.2, 0.25) is 0 Å². The Morgan fingerprint density at radius 2 is 2.35 bits per heavy atom. The van der Waals surface area contributed by atoms with Crippen LogP contribution in [-0.4, -0.2) is 28.9 Å². The Hall–Kier alpha value is -0.830. The molecule has 2 rings (SSSR count). The van der Waals surface area contributed by atoms with Crippen molar-refractivity contribution in [1.82, 2.24) is 9.97 Å². The maximum atomic E-state index is 5.80. The van der Waals surface area contributed by atoms with Gasteiger partial charge < -0.3 is 4.90 Å². The number of aryl methyl sites for hydroxylation is 1. The lowest BCUT2D eigenvalue weighted by atomic mass is 10.1. The highest BCUT2D eigenvalue weighted by atomic mass is 35.5. The second-order valence-electron chi connectivity index (χ2n) is 4.70. The first-order valence-corrected chi connectivity index (χ1v) is 6.98. The van der Waals surface area contributed by atoms with E-state index in [1.807, 2.05) is 0 Å². The molecule has 2 heterocycles. The van der Waals surface area contributed by atoms with Crippen LogP contribution in [0.15, 0.2) is 12.4 Å². The van der Waals surface area contributed by atoms with E-state index in [4.69, 9.17) is 11.6 Å². The molecule has 0 aromatic carbocycles. The topological polar surface area (TPSA) is 29.0 Å². The molecule has 0 radical (unpaired) electrons. The third-order valence-corrected chi connectivity index (χ3v) is 3.56. The normalized spacial score (nSPS) is 19.9. The van der Waals surface area contributed by atoms with Crippen LogP contribution in [0.2, 0.25) is 0 Å². The number of anilines is 1. The van der Waals surface area contributed by atoms with E-state index in [2.05, 4.69) is 27.9 Å². The molecule has 0 bridgehead atoms. The van der Waals surface area contributed by atoms with Crippen LogP contribution in [0.1, 0.15) is 31.9 Å². The van der Waals surface area contributed by atoms with Crippen molar-refractivity contribution in [1.29, 1.82) is 0 Å². The maximum Gasteiger partial charge on any atom is 0.132 e. The lowest BCUT2D eigenvalue weighted by molar-refractivity contribution is 0.572. The highest BCUT2D eigenvalue weighted by molar-refractivity contribution is 6.17. The van der Waals surface area contributed by atoms with Crippen LogP contribution >= 0.6 is 11.6 Å². The Balaban J connectivity index is 2.00. The number of alkyl halides is 1. The van der Waals surface area contributed by atoms with E-state index in [9.17, 15) is 0 Å². The molecule has 94 valence electrons. The molecular formula is C13H20ClN3. The van der Waals surface area contributed by atoms with E-state index >= 15 is 0 Å². The molecule has 1 fully saturated rings. The fourth-order valence-corrected chi connectivity index (χ4v) is 2.69. The Morgan fingerprint density at radius 1 is 1.47 bits per heavy atom. The predicted molar refractivity (Wildman–Crippen MR) is 71.7 cm³/mol. The molecule has 3 nitrogen and oxygen atoms in total. The molecule has 0 aliphatic carbocycles.